The van der Waals surface area contributed by atoms with Crippen LogP contribution in [0.4, 0.5) is 0 Å². The van der Waals surface area contributed by atoms with Gasteiger partial charge in [-0.3, -0.25) is 9.05 Å². The van der Waals surface area contributed by atoms with Gasteiger partial charge in [0.2, 0.25) is 0 Å². The molecule has 0 saturated carbocycles. The van der Waals surface area contributed by atoms with E-state index >= 15 is 0 Å². The summed E-state index contributed by atoms with van der Waals surface area (Å²) in [7, 11) is -2.65. The molecule has 0 spiro atoms. The molecule has 0 bridgehead atoms. The Morgan fingerprint density at radius 3 is 1.93 bits per heavy atom. The van der Waals surface area contributed by atoms with Gasteiger partial charge in [-0.2, -0.15) is 5.26 Å². The lowest BCUT2D eigenvalue weighted by atomic mass is 10.0. The molecular formula is C35H52Cl2NO5P. The highest BCUT2D eigenvalue weighted by Crippen LogP contribution is 2.50. The maximum absolute atomic E-state index is 13.2. The molecule has 9 heteroatoms. The highest BCUT2D eigenvalue weighted by Gasteiger charge is 2.29. The van der Waals surface area contributed by atoms with Crippen molar-refractivity contribution in [3.63, 3.8) is 0 Å². The second-order valence-electron chi connectivity index (χ2n) is 11.4. The van der Waals surface area contributed by atoms with Crippen molar-refractivity contribution < 1.29 is 22.9 Å². The molecule has 0 heterocycles. The van der Waals surface area contributed by atoms with E-state index in [1.807, 2.05) is 0 Å². The molecule has 246 valence electrons. The number of rotatable bonds is 26. The van der Waals surface area contributed by atoms with Gasteiger partial charge in [0.15, 0.2) is 0 Å². The molecule has 44 heavy (non-hydrogen) atoms. The average Bonchev–Trinajstić information content (AvgIpc) is 3.02. The SMILES string of the molecule is CCCCCCCCCCCCCCCCCC[C@@H](COP(=O)(OC)Oc1ccccc1Cl)OCc1cc(Cl)cc(C#N)c1. The van der Waals surface area contributed by atoms with Gasteiger partial charge in [-0.05, 0) is 42.3 Å². The smallest absolute Gasteiger partial charge is 0.402 e. The Morgan fingerprint density at radius 1 is 0.818 bits per heavy atom. The molecule has 0 aliphatic rings. The molecule has 0 aromatic heterocycles. The summed E-state index contributed by atoms with van der Waals surface area (Å²) in [6, 6.07) is 14.0. The van der Waals surface area contributed by atoms with Crippen molar-refractivity contribution in [1.29, 1.82) is 5.26 Å². The number of phosphoric ester groups is 1. The minimum Gasteiger partial charge on any atom is -0.402 e. The van der Waals surface area contributed by atoms with Gasteiger partial charge in [-0.15, -0.1) is 0 Å². The zero-order chi connectivity index (χ0) is 31.9. The number of phosphoric acid groups is 1. The van der Waals surface area contributed by atoms with Gasteiger partial charge in [0, 0.05) is 12.1 Å². The van der Waals surface area contributed by atoms with E-state index in [9.17, 15) is 9.83 Å². The van der Waals surface area contributed by atoms with Crippen LogP contribution < -0.4 is 4.52 Å². The van der Waals surface area contributed by atoms with Gasteiger partial charge in [0.1, 0.15) is 5.75 Å². The van der Waals surface area contributed by atoms with Crippen molar-refractivity contribution in [3.05, 3.63) is 63.6 Å². The van der Waals surface area contributed by atoms with Crippen LogP contribution in [0.1, 0.15) is 127 Å². The molecule has 0 amide bonds. The number of ether oxygens (including phenoxy) is 1. The number of nitrogens with zero attached hydrogens (tertiary/aromatic N) is 1. The van der Waals surface area contributed by atoms with Gasteiger partial charge in [-0.1, -0.05) is 145 Å². The molecule has 0 saturated heterocycles. The molecule has 2 aromatic carbocycles. The van der Waals surface area contributed by atoms with Crippen LogP contribution in [-0.4, -0.2) is 19.8 Å². The second-order valence-corrected chi connectivity index (χ2v) is 14.0. The van der Waals surface area contributed by atoms with E-state index < -0.39 is 7.82 Å². The Morgan fingerprint density at radius 2 is 1.39 bits per heavy atom. The first-order chi connectivity index (χ1) is 21.4. The number of hydrogen-bond donors (Lipinski definition) is 0. The molecule has 1 unspecified atom stereocenters. The van der Waals surface area contributed by atoms with Gasteiger partial charge < -0.3 is 9.26 Å². The predicted molar refractivity (Wildman–Crippen MR) is 182 cm³/mol. The van der Waals surface area contributed by atoms with Crippen molar-refractivity contribution in [2.24, 2.45) is 0 Å². The molecular weight excluding hydrogens is 616 g/mol. The van der Waals surface area contributed by atoms with Gasteiger partial charge in [0.25, 0.3) is 0 Å². The van der Waals surface area contributed by atoms with E-state index in [4.69, 9.17) is 41.5 Å². The number of halogens is 2. The highest BCUT2D eigenvalue weighted by molar-refractivity contribution is 7.48. The van der Waals surface area contributed by atoms with E-state index in [0.29, 0.717) is 15.6 Å². The van der Waals surface area contributed by atoms with E-state index in [1.165, 1.54) is 97.0 Å². The topological polar surface area (TPSA) is 77.8 Å². The standard InChI is InChI=1S/C35H52Cl2NO5P/c1-3-4-5-6-7-8-9-10-11-12-13-14-15-16-17-18-21-33(41-28-31-24-30(27-38)25-32(36)26-31)29-42-44(39,40-2)43-35-23-20-19-22-34(35)37/h19-20,22-26,33H,3-18,21,28-29H2,1-2H3/t33-,44?/m0/s1. The number of benzene rings is 2. The summed E-state index contributed by atoms with van der Waals surface area (Å²) in [5.74, 6) is 0.220. The lowest BCUT2D eigenvalue weighted by Gasteiger charge is -2.22. The van der Waals surface area contributed by atoms with Crippen LogP contribution in [0, 0.1) is 11.3 Å². The lowest BCUT2D eigenvalue weighted by molar-refractivity contribution is -0.00435. The van der Waals surface area contributed by atoms with E-state index in [2.05, 4.69) is 13.0 Å². The zero-order valence-corrected chi connectivity index (χ0v) is 29.2. The van der Waals surface area contributed by atoms with Crippen LogP contribution in [-0.2, 0) is 25.0 Å². The largest absolute Gasteiger partial charge is 0.529 e. The summed E-state index contributed by atoms with van der Waals surface area (Å²) in [4.78, 5) is 0. The van der Waals surface area contributed by atoms with E-state index in [1.54, 1.807) is 42.5 Å². The number of para-hydroxylation sites is 1. The fourth-order valence-electron chi connectivity index (χ4n) is 5.08. The fourth-order valence-corrected chi connectivity index (χ4v) is 6.54. The third-order valence-corrected chi connectivity index (χ3v) is 9.50. The fraction of sp³-hybridized carbons (Fsp3) is 0.629. The molecule has 6 nitrogen and oxygen atoms in total. The Kier molecular flexibility index (Phi) is 20.8. The molecule has 0 radical (unpaired) electrons. The normalized spacial score (nSPS) is 13.3. The maximum atomic E-state index is 13.2. The monoisotopic (exact) mass is 667 g/mol. The van der Waals surface area contributed by atoms with Crippen LogP contribution in [0.3, 0.4) is 0 Å². The summed E-state index contributed by atoms with van der Waals surface area (Å²) < 4.78 is 35.7. The molecule has 0 aliphatic heterocycles. The van der Waals surface area contributed by atoms with Crippen molar-refractivity contribution in [2.45, 2.75) is 129 Å². The summed E-state index contributed by atoms with van der Waals surface area (Å²) >= 11 is 12.3. The zero-order valence-electron chi connectivity index (χ0n) is 26.7. The minimum absolute atomic E-state index is 0.0139. The highest BCUT2D eigenvalue weighted by atomic mass is 35.5. The second kappa shape index (κ2) is 23.7. The summed E-state index contributed by atoms with van der Waals surface area (Å²) in [6.07, 6.45) is 21.2. The van der Waals surface area contributed by atoms with Crippen LogP contribution in [0.5, 0.6) is 5.75 Å². The number of unbranched alkanes of at least 4 members (excludes halogenated alkanes) is 15. The van der Waals surface area contributed by atoms with Crippen molar-refractivity contribution in [2.75, 3.05) is 13.7 Å². The quantitative estimate of drug-likeness (QED) is 0.0733. The Bertz CT molecular complexity index is 1140. The van der Waals surface area contributed by atoms with Crippen molar-refractivity contribution in [1.82, 2.24) is 0 Å². The first-order valence-corrected chi connectivity index (χ1v) is 18.7. The van der Waals surface area contributed by atoms with Crippen LogP contribution >= 0.6 is 31.0 Å². The summed E-state index contributed by atoms with van der Waals surface area (Å²) in [5, 5.41) is 10.1. The maximum Gasteiger partial charge on any atom is 0.529 e. The van der Waals surface area contributed by atoms with Crippen molar-refractivity contribution in [3.8, 4) is 11.8 Å². The first kappa shape index (κ1) is 38.6. The van der Waals surface area contributed by atoms with Crippen LogP contribution in [0.2, 0.25) is 10.0 Å². The van der Waals surface area contributed by atoms with Gasteiger partial charge in [0.05, 0.1) is 36.0 Å². The number of nitriles is 1. The molecule has 0 N–H and O–H groups in total. The Balaban J connectivity index is 1.74. The molecule has 2 aromatic rings. The van der Waals surface area contributed by atoms with Crippen molar-refractivity contribution >= 4 is 31.0 Å². The molecule has 2 atom stereocenters. The van der Waals surface area contributed by atoms with Crippen LogP contribution in [0.15, 0.2) is 42.5 Å². The van der Waals surface area contributed by atoms with Crippen LogP contribution in [0.25, 0.3) is 0 Å². The van der Waals surface area contributed by atoms with E-state index in [0.717, 1.165) is 24.8 Å². The third-order valence-electron chi connectivity index (χ3n) is 7.64. The lowest BCUT2D eigenvalue weighted by Crippen LogP contribution is -2.20. The average molecular weight is 669 g/mol. The predicted octanol–water partition coefficient (Wildman–Crippen LogP) is 12.3. The Labute approximate surface area is 276 Å². The third kappa shape index (κ3) is 17.2. The Hall–Kier alpha value is -1.58. The number of hydrogen-bond acceptors (Lipinski definition) is 6. The van der Waals surface area contributed by atoms with Gasteiger partial charge in [-0.25, -0.2) is 4.57 Å². The van der Waals surface area contributed by atoms with E-state index in [-0.39, 0.29) is 25.1 Å². The molecule has 0 fully saturated rings. The minimum atomic E-state index is -3.92. The van der Waals surface area contributed by atoms with Gasteiger partial charge >= 0.3 is 7.82 Å². The molecule has 0 aliphatic carbocycles. The first-order valence-electron chi connectivity index (χ1n) is 16.4. The molecule has 2 rings (SSSR count). The summed E-state index contributed by atoms with van der Waals surface area (Å²) in [6.45, 7) is 2.52. The summed E-state index contributed by atoms with van der Waals surface area (Å²) in [5.41, 5.74) is 1.26.